The van der Waals surface area contributed by atoms with Gasteiger partial charge in [-0.1, -0.05) is 65.7 Å². The van der Waals surface area contributed by atoms with E-state index in [-0.39, 0.29) is 29.0 Å². The second-order valence-electron chi connectivity index (χ2n) is 15.4. The zero-order valence-electron chi connectivity index (χ0n) is 30.3. The first kappa shape index (κ1) is 35.3. The van der Waals surface area contributed by atoms with Crippen molar-refractivity contribution in [3.8, 4) is 40.0 Å². The van der Waals surface area contributed by atoms with Gasteiger partial charge in [0.05, 0.1) is 36.0 Å². The van der Waals surface area contributed by atoms with Gasteiger partial charge in [-0.25, -0.2) is 4.98 Å². The zero-order valence-corrected chi connectivity index (χ0v) is 31.9. The van der Waals surface area contributed by atoms with Crippen molar-refractivity contribution in [2.24, 2.45) is 0 Å². The Morgan fingerprint density at radius 2 is 1.35 bits per heavy atom. The minimum atomic E-state index is -0.242. The summed E-state index contributed by atoms with van der Waals surface area (Å²) in [5, 5.41) is 7.33. The highest BCUT2D eigenvalue weighted by Gasteiger charge is 2.48. The Balaban J connectivity index is 0.913. The van der Waals surface area contributed by atoms with Gasteiger partial charge in [0.25, 0.3) is 0 Å². The Kier molecular flexibility index (Phi) is 8.96. The van der Waals surface area contributed by atoms with Gasteiger partial charge in [0.1, 0.15) is 11.1 Å². The van der Waals surface area contributed by atoms with E-state index in [4.69, 9.17) is 47.4 Å². The predicted molar refractivity (Wildman–Crippen MR) is 205 cm³/mol. The SMILES string of the molecule is COc1nc(-c2cccc(-c3cccc4c3CC[C@@H]4Oc3nc(OC)c(CN4CC5(CCC(=O)N5)C4)cc3Cl)c2Cl)ccc1CN1CC2(CCC(=O)N2)C1. The van der Waals surface area contributed by atoms with Crippen molar-refractivity contribution in [2.75, 3.05) is 40.4 Å². The lowest BCUT2D eigenvalue weighted by Gasteiger charge is -2.48. The number of pyridine rings is 2. The van der Waals surface area contributed by atoms with Crippen LogP contribution in [-0.2, 0) is 29.1 Å². The molecule has 2 N–H and O–H groups in total. The maximum absolute atomic E-state index is 11.8. The lowest BCUT2D eigenvalue weighted by Crippen LogP contribution is -2.66. The van der Waals surface area contributed by atoms with Gasteiger partial charge >= 0.3 is 0 Å². The largest absolute Gasteiger partial charge is 0.481 e. The molecule has 5 aliphatic rings. The second kappa shape index (κ2) is 13.7. The zero-order chi connectivity index (χ0) is 37.2. The summed E-state index contributed by atoms with van der Waals surface area (Å²) in [6.07, 6.45) is 4.29. The Morgan fingerprint density at radius 3 is 2.00 bits per heavy atom. The van der Waals surface area contributed by atoms with Gasteiger partial charge in [0, 0.05) is 74.4 Å². The molecule has 2 amide bonds. The highest BCUT2D eigenvalue weighted by atomic mass is 35.5. The molecule has 54 heavy (non-hydrogen) atoms. The van der Waals surface area contributed by atoms with E-state index in [1.807, 2.05) is 36.4 Å². The first-order chi connectivity index (χ1) is 26.1. The number of nitrogens with zero attached hydrogens (tertiary/aromatic N) is 4. The van der Waals surface area contributed by atoms with Crippen LogP contribution < -0.4 is 24.8 Å². The van der Waals surface area contributed by atoms with Crippen LogP contribution in [0.25, 0.3) is 22.4 Å². The summed E-state index contributed by atoms with van der Waals surface area (Å²) in [7, 11) is 3.25. The lowest BCUT2D eigenvalue weighted by molar-refractivity contribution is -0.121. The van der Waals surface area contributed by atoms with Crippen molar-refractivity contribution >= 4 is 35.0 Å². The molecule has 6 heterocycles. The summed E-state index contributed by atoms with van der Waals surface area (Å²) in [4.78, 5) is 37.7. The third-order valence-corrected chi connectivity index (χ3v) is 12.4. The van der Waals surface area contributed by atoms with Crippen LogP contribution in [0.3, 0.4) is 0 Å². The van der Waals surface area contributed by atoms with Gasteiger partial charge < -0.3 is 24.8 Å². The second-order valence-corrected chi connectivity index (χ2v) is 16.2. The molecular formula is C41H42Cl2N6O5. The number of fused-ring (bicyclic) bond motifs is 1. The number of ether oxygens (including phenoxy) is 3. The predicted octanol–water partition coefficient (Wildman–Crippen LogP) is 6.13. The van der Waals surface area contributed by atoms with E-state index in [0.29, 0.717) is 53.6 Å². The molecule has 0 saturated carbocycles. The highest BCUT2D eigenvalue weighted by molar-refractivity contribution is 6.36. The van der Waals surface area contributed by atoms with Crippen molar-refractivity contribution < 1.29 is 23.8 Å². The van der Waals surface area contributed by atoms with Crippen molar-refractivity contribution in [3.63, 3.8) is 0 Å². The van der Waals surface area contributed by atoms with Gasteiger partial charge in [-0.3, -0.25) is 19.4 Å². The molecule has 1 atom stereocenters. The van der Waals surface area contributed by atoms with Crippen LogP contribution in [0.4, 0.5) is 0 Å². The molecule has 2 aromatic carbocycles. The van der Waals surface area contributed by atoms with E-state index in [9.17, 15) is 9.59 Å². The fourth-order valence-corrected chi connectivity index (χ4v) is 9.74. The number of hydrogen-bond donors (Lipinski definition) is 2. The normalized spacial score (nSPS) is 21.1. The average Bonchev–Trinajstić information content (AvgIpc) is 3.86. The summed E-state index contributed by atoms with van der Waals surface area (Å²) in [6, 6.07) is 18.2. The van der Waals surface area contributed by atoms with Crippen molar-refractivity contribution in [2.45, 2.75) is 68.8 Å². The molecule has 11 nitrogen and oxygen atoms in total. The number of rotatable bonds is 10. The van der Waals surface area contributed by atoms with Crippen LogP contribution in [0, 0.1) is 0 Å². The van der Waals surface area contributed by atoms with Gasteiger partial charge in [-0.2, -0.15) is 4.98 Å². The first-order valence-corrected chi connectivity index (χ1v) is 19.3. The summed E-state index contributed by atoms with van der Waals surface area (Å²) in [6.45, 7) is 4.57. The van der Waals surface area contributed by atoms with Crippen LogP contribution >= 0.6 is 23.2 Å². The van der Waals surface area contributed by atoms with Crippen molar-refractivity contribution in [1.29, 1.82) is 0 Å². The monoisotopic (exact) mass is 768 g/mol. The van der Waals surface area contributed by atoms with Gasteiger partial charge in [-0.05, 0) is 54.5 Å². The Morgan fingerprint density at radius 1 is 0.741 bits per heavy atom. The van der Waals surface area contributed by atoms with Crippen LogP contribution in [0.15, 0.2) is 54.6 Å². The quantitative estimate of drug-likeness (QED) is 0.197. The molecule has 4 fully saturated rings. The molecule has 4 aromatic rings. The highest BCUT2D eigenvalue weighted by Crippen LogP contribution is 2.45. The van der Waals surface area contributed by atoms with E-state index < -0.39 is 0 Å². The number of benzene rings is 2. The summed E-state index contributed by atoms with van der Waals surface area (Å²) in [5.74, 6) is 1.66. The van der Waals surface area contributed by atoms with E-state index in [2.05, 4.69) is 38.6 Å². The minimum Gasteiger partial charge on any atom is -0.481 e. The maximum Gasteiger partial charge on any atom is 0.236 e. The molecule has 4 aliphatic heterocycles. The van der Waals surface area contributed by atoms with Crippen LogP contribution in [-0.4, -0.2) is 83.1 Å². The average molecular weight is 770 g/mol. The molecule has 280 valence electrons. The third kappa shape index (κ3) is 6.34. The van der Waals surface area contributed by atoms with E-state index >= 15 is 0 Å². The summed E-state index contributed by atoms with van der Waals surface area (Å²) >= 11 is 14.0. The molecule has 0 radical (unpaired) electrons. The Hall–Kier alpha value is -4.42. The number of methoxy groups -OCH3 is 2. The van der Waals surface area contributed by atoms with Gasteiger partial charge in [0.2, 0.25) is 29.5 Å². The fourth-order valence-electron chi connectivity index (χ4n) is 9.19. The first-order valence-electron chi connectivity index (χ1n) is 18.6. The van der Waals surface area contributed by atoms with E-state index in [1.54, 1.807) is 14.2 Å². The van der Waals surface area contributed by atoms with E-state index in [1.165, 1.54) is 5.56 Å². The number of carbonyl (C=O) groups is 2. The molecule has 4 saturated heterocycles. The lowest BCUT2D eigenvalue weighted by atomic mass is 9.88. The smallest absolute Gasteiger partial charge is 0.236 e. The van der Waals surface area contributed by atoms with Crippen molar-refractivity contribution in [1.82, 2.24) is 30.4 Å². The Labute approximate surface area is 324 Å². The standard InChI is InChI=1S/C41H42Cl2N6O5/c1-52-37-24(18-48-20-40(21-48)15-13-34(50)46-40)9-11-32(44-37)30-8-4-7-29(36(30)43)26-5-3-6-28-27(26)10-12-33(28)54-39-31(42)17-25(38(45-39)53-2)19-49-22-41(23-49)16-14-35(51)47-41/h3-9,11,17,33H,10,12-16,18-23H2,1-2H3,(H,46,50)(H,47,51)/t33-/m0/s1. The molecule has 9 rings (SSSR count). The molecule has 0 unspecified atom stereocenters. The molecule has 1 aliphatic carbocycles. The number of carbonyl (C=O) groups excluding carboxylic acids is 2. The minimum absolute atomic E-state index is 0.0746. The van der Waals surface area contributed by atoms with Gasteiger partial charge in [0.15, 0.2) is 0 Å². The molecule has 2 aromatic heterocycles. The van der Waals surface area contributed by atoms with Crippen LogP contribution in [0.1, 0.15) is 60.5 Å². The number of halogens is 2. The number of amides is 2. The molecule has 13 heteroatoms. The summed E-state index contributed by atoms with van der Waals surface area (Å²) < 4.78 is 18.0. The molecule has 0 bridgehead atoms. The topological polar surface area (TPSA) is 118 Å². The number of likely N-dealkylation sites (tertiary alicyclic amines) is 2. The van der Waals surface area contributed by atoms with Crippen LogP contribution in [0.5, 0.6) is 17.6 Å². The fraction of sp³-hybridized carbons (Fsp3) is 0.415. The third-order valence-electron chi connectivity index (χ3n) is 11.7. The maximum atomic E-state index is 11.8. The number of nitrogens with one attached hydrogen (secondary N) is 2. The van der Waals surface area contributed by atoms with E-state index in [0.717, 1.165) is 90.9 Å². The van der Waals surface area contributed by atoms with Crippen LogP contribution in [0.2, 0.25) is 10.0 Å². The summed E-state index contributed by atoms with van der Waals surface area (Å²) in [5.41, 5.74) is 7.49. The van der Waals surface area contributed by atoms with Crippen molar-refractivity contribution in [3.05, 3.63) is 86.9 Å². The van der Waals surface area contributed by atoms with Gasteiger partial charge in [-0.15, -0.1) is 0 Å². The number of hydrogen-bond acceptors (Lipinski definition) is 9. The molecular weight excluding hydrogens is 727 g/mol. The number of aromatic nitrogens is 2. The Bertz CT molecular complexity index is 2170. The molecule has 2 spiro atoms.